The van der Waals surface area contributed by atoms with E-state index in [0.29, 0.717) is 18.4 Å². The van der Waals surface area contributed by atoms with E-state index in [2.05, 4.69) is 0 Å². The molecule has 0 unspecified atom stereocenters. The maximum Gasteiger partial charge on any atom is 0.163 e. The molecule has 0 radical (unpaired) electrons. The number of hydrogen-bond donors (Lipinski definition) is 1. The fourth-order valence-corrected chi connectivity index (χ4v) is 1.84. The average Bonchev–Trinajstić information content (AvgIpc) is 2.46. The molecule has 3 heteroatoms. The number of ether oxygens (including phenoxy) is 1. The van der Waals surface area contributed by atoms with Crippen molar-refractivity contribution in [2.45, 2.75) is 12.8 Å². The normalized spacial score (nSPS) is 10.2. The van der Waals surface area contributed by atoms with Crippen molar-refractivity contribution in [2.75, 3.05) is 7.11 Å². The van der Waals surface area contributed by atoms with E-state index < -0.39 is 0 Å². The van der Waals surface area contributed by atoms with Crippen molar-refractivity contribution in [2.24, 2.45) is 0 Å². The van der Waals surface area contributed by atoms with Gasteiger partial charge in [-0.25, -0.2) is 0 Å². The van der Waals surface area contributed by atoms with Gasteiger partial charge in [-0.1, -0.05) is 12.1 Å². The molecule has 2 aromatic carbocycles. The van der Waals surface area contributed by atoms with Crippen molar-refractivity contribution in [3.05, 3.63) is 59.7 Å². The highest BCUT2D eigenvalue weighted by atomic mass is 16.5. The van der Waals surface area contributed by atoms with Gasteiger partial charge in [0.05, 0.1) is 7.11 Å². The standard InChI is InChI=1S/C16H16O3/c1-19-15-9-5-13(6-10-15)16(18)11-4-12-2-7-14(17)8-3-12/h2-3,5-10,17H,4,11H2,1H3. The number of benzene rings is 2. The highest BCUT2D eigenvalue weighted by molar-refractivity contribution is 5.96. The Kier molecular flexibility index (Phi) is 4.18. The zero-order chi connectivity index (χ0) is 13.7. The van der Waals surface area contributed by atoms with Crippen LogP contribution in [0.25, 0.3) is 0 Å². The van der Waals surface area contributed by atoms with Crippen molar-refractivity contribution >= 4 is 5.78 Å². The van der Waals surface area contributed by atoms with Gasteiger partial charge >= 0.3 is 0 Å². The largest absolute Gasteiger partial charge is 0.508 e. The number of hydrogen-bond acceptors (Lipinski definition) is 3. The summed E-state index contributed by atoms with van der Waals surface area (Å²) in [6.45, 7) is 0. The zero-order valence-corrected chi connectivity index (χ0v) is 10.8. The second-order valence-corrected chi connectivity index (χ2v) is 4.32. The third-order valence-electron chi connectivity index (χ3n) is 2.99. The zero-order valence-electron chi connectivity index (χ0n) is 10.8. The Morgan fingerprint density at radius 3 is 2.26 bits per heavy atom. The molecule has 0 saturated heterocycles. The minimum Gasteiger partial charge on any atom is -0.508 e. The van der Waals surface area contributed by atoms with Gasteiger partial charge in [-0.3, -0.25) is 4.79 Å². The van der Waals surface area contributed by atoms with Gasteiger partial charge in [-0.15, -0.1) is 0 Å². The molecule has 0 aliphatic rings. The lowest BCUT2D eigenvalue weighted by Crippen LogP contribution is -2.01. The van der Waals surface area contributed by atoms with Crippen LogP contribution in [0.4, 0.5) is 0 Å². The maximum absolute atomic E-state index is 12.0. The molecule has 3 nitrogen and oxygen atoms in total. The summed E-state index contributed by atoms with van der Waals surface area (Å²) in [6.07, 6.45) is 1.13. The quantitative estimate of drug-likeness (QED) is 0.835. The SMILES string of the molecule is COc1ccc(C(=O)CCc2ccc(O)cc2)cc1. The number of ketones is 1. The summed E-state index contributed by atoms with van der Waals surface area (Å²) < 4.78 is 5.05. The molecular formula is C16H16O3. The monoisotopic (exact) mass is 256 g/mol. The number of Topliss-reactive ketones (excluding diaryl/α,β-unsaturated/α-hetero) is 1. The van der Waals surface area contributed by atoms with Crippen LogP contribution in [-0.2, 0) is 6.42 Å². The average molecular weight is 256 g/mol. The summed E-state index contributed by atoms with van der Waals surface area (Å²) in [5, 5.41) is 9.18. The molecule has 2 aromatic rings. The fraction of sp³-hybridized carbons (Fsp3) is 0.188. The Balaban J connectivity index is 1.95. The Hall–Kier alpha value is -2.29. The van der Waals surface area contributed by atoms with E-state index in [1.807, 2.05) is 12.1 Å². The van der Waals surface area contributed by atoms with E-state index in [9.17, 15) is 9.90 Å². The second kappa shape index (κ2) is 6.05. The molecule has 0 atom stereocenters. The molecule has 0 fully saturated rings. The lowest BCUT2D eigenvalue weighted by Gasteiger charge is -2.04. The van der Waals surface area contributed by atoms with E-state index in [1.54, 1.807) is 43.5 Å². The van der Waals surface area contributed by atoms with Crippen LogP contribution in [0.15, 0.2) is 48.5 Å². The second-order valence-electron chi connectivity index (χ2n) is 4.32. The molecule has 2 rings (SSSR count). The first-order valence-electron chi connectivity index (χ1n) is 6.14. The minimum absolute atomic E-state index is 0.107. The molecule has 98 valence electrons. The summed E-state index contributed by atoms with van der Waals surface area (Å²) >= 11 is 0. The molecule has 1 N–H and O–H groups in total. The number of aromatic hydroxyl groups is 1. The summed E-state index contributed by atoms with van der Waals surface area (Å²) in [5.41, 5.74) is 1.74. The van der Waals surface area contributed by atoms with Crippen LogP contribution in [-0.4, -0.2) is 18.0 Å². The van der Waals surface area contributed by atoms with Gasteiger partial charge in [0.2, 0.25) is 0 Å². The Bertz CT molecular complexity index is 541. The lowest BCUT2D eigenvalue weighted by molar-refractivity contribution is 0.0983. The number of aryl methyl sites for hydroxylation is 1. The Labute approximate surface area is 112 Å². The summed E-state index contributed by atoms with van der Waals surface area (Å²) in [6, 6.07) is 14.0. The summed E-state index contributed by atoms with van der Waals surface area (Å²) in [4.78, 5) is 12.0. The lowest BCUT2D eigenvalue weighted by atomic mass is 10.0. The van der Waals surface area contributed by atoms with Gasteiger partial charge in [0.25, 0.3) is 0 Å². The first-order chi connectivity index (χ1) is 9.19. The minimum atomic E-state index is 0.107. The highest BCUT2D eigenvalue weighted by Crippen LogP contribution is 2.15. The van der Waals surface area contributed by atoms with Crippen molar-refractivity contribution in [3.63, 3.8) is 0 Å². The molecule has 0 bridgehead atoms. The number of methoxy groups -OCH3 is 1. The maximum atomic E-state index is 12.0. The van der Waals surface area contributed by atoms with Gasteiger partial charge in [0.15, 0.2) is 5.78 Å². The smallest absolute Gasteiger partial charge is 0.163 e. The van der Waals surface area contributed by atoms with E-state index in [1.165, 1.54) is 0 Å². The molecule has 0 spiro atoms. The van der Waals surface area contributed by atoms with Crippen LogP contribution in [0.2, 0.25) is 0 Å². The topological polar surface area (TPSA) is 46.5 Å². The van der Waals surface area contributed by atoms with Crippen LogP contribution in [0.5, 0.6) is 11.5 Å². The molecule has 0 saturated carbocycles. The number of rotatable bonds is 5. The molecule has 0 aliphatic heterocycles. The third-order valence-corrected chi connectivity index (χ3v) is 2.99. The fourth-order valence-electron chi connectivity index (χ4n) is 1.84. The third kappa shape index (κ3) is 3.58. The van der Waals surface area contributed by atoms with Crippen molar-refractivity contribution in [1.29, 1.82) is 0 Å². The molecule has 19 heavy (non-hydrogen) atoms. The van der Waals surface area contributed by atoms with Gasteiger partial charge < -0.3 is 9.84 Å². The van der Waals surface area contributed by atoms with Gasteiger partial charge in [0, 0.05) is 12.0 Å². The first kappa shape index (κ1) is 13.1. The van der Waals surface area contributed by atoms with E-state index in [0.717, 1.165) is 11.3 Å². The van der Waals surface area contributed by atoms with Gasteiger partial charge in [-0.05, 0) is 48.4 Å². The number of carbonyl (C=O) groups is 1. The first-order valence-corrected chi connectivity index (χ1v) is 6.14. The Morgan fingerprint density at radius 2 is 1.68 bits per heavy atom. The molecule has 0 aromatic heterocycles. The van der Waals surface area contributed by atoms with Crippen LogP contribution in [0, 0.1) is 0 Å². The summed E-state index contributed by atoms with van der Waals surface area (Å²) in [7, 11) is 1.60. The van der Waals surface area contributed by atoms with Crippen molar-refractivity contribution < 1.29 is 14.6 Å². The molecular weight excluding hydrogens is 240 g/mol. The van der Waals surface area contributed by atoms with Crippen LogP contribution >= 0.6 is 0 Å². The predicted octanol–water partition coefficient (Wildman–Crippen LogP) is 3.22. The molecule has 0 amide bonds. The van der Waals surface area contributed by atoms with Crippen molar-refractivity contribution in [3.8, 4) is 11.5 Å². The molecule has 0 heterocycles. The van der Waals surface area contributed by atoms with E-state index >= 15 is 0 Å². The van der Waals surface area contributed by atoms with E-state index in [4.69, 9.17) is 4.74 Å². The van der Waals surface area contributed by atoms with Crippen LogP contribution in [0.3, 0.4) is 0 Å². The van der Waals surface area contributed by atoms with Gasteiger partial charge in [-0.2, -0.15) is 0 Å². The number of phenolic OH excluding ortho intramolecular Hbond substituents is 1. The number of phenols is 1. The van der Waals surface area contributed by atoms with Crippen molar-refractivity contribution in [1.82, 2.24) is 0 Å². The predicted molar refractivity (Wildman–Crippen MR) is 73.8 cm³/mol. The van der Waals surface area contributed by atoms with Crippen LogP contribution < -0.4 is 4.74 Å². The number of carbonyl (C=O) groups excluding carboxylic acids is 1. The summed E-state index contributed by atoms with van der Waals surface area (Å²) in [5.74, 6) is 1.09. The molecule has 0 aliphatic carbocycles. The Morgan fingerprint density at radius 1 is 1.05 bits per heavy atom. The van der Waals surface area contributed by atoms with Crippen LogP contribution in [0.1, 0.15) is 22.3 Å². The highest BCUT2D eigenvalue weighted by Gasteiger charge is 2.06. The van der Waals surface area contributed by atoms with Gasteiger partial charge in [0.1, 0.15) is 11.5 Å². The van der Waals surface area contributed by atoms with E-state index in [-0.39, 0.29) is 11.5 Å².